The second-order valence-electron chi connectivity index (χ2n) is 4.42. The van der Waals surface area contributed by atoms with Gasteiger partial charge in [0.2, 0.25) is 0 Å². The minimum Gasteiger partial charge on any atom is -0.348 e. The summed E-state index contributed by atoms with van der Waals surface area (Å²) in [5, 5.41) is 2.61. The van der Waals surface area contributed by atoms with E-state index in [-0.39, 0.29) is 6.04 Å². The number of carbonyl (C=O) groups is 1. The van der Waals surface area contributed by atoms with E-state index in [1.54, 1.807) is 25.4 Å². The normalized spacial score (nSPS) is 11.9. The second-order valence-corrected chi connectivity index (χ2v) is 4.42. The van der Waals surface area contributed by atoms with Crippen LogP contribution in [0.1, 0.15) is 23.0 Å². The molecule has 0 aromatic carbocycles. The molecule has 0 aliphatic carbocycles. The first-order valence-corrected chi connectivity index (χ1v) is 6.07. The molecule has 0 saturated carbocycles. The highest BCUT2D eigenvalue weighted by Crippen LogP contribution is 2.07. The largest absolute Gasteiger partial charge is 0.348 e. The number of carbonyl (C=O) groups excluding carboxylic acids is 1. The first-order valence-electron chi connectivity index (χ1n) is 6.07. The van der Waals surface area contributed by atoms with Gasteiger partial charge < -0.3 is 5.32 Å². The predicted molar refractivity (Wildman–Crippen MR) is 69.0 cm³/mol. The number of rotatable bonds is 4. The van der Waals surface area contributed by atoms with Crippen LogP contribution in [-0.4, -0.2) is 21.9 Å². The summed E-state index contributed by atoms with van der Waals surface area (Å²) in [6, 6.07) is 4.09. The van der Waals surface area contributed by atoms with Gasteiger partial charge in [-0.25, -0.2) is 13.8 Å². The van der Waals surface area contributed by atoms with E-state index in [1.807, 2.05) is 6.07 Å². The number of nitrogens with zero attached hydrogens (tertiary/aromatic N) is 2. The van der Waals surface area contributed by atoms with Gasteiger partial charge in [-0.3, -0.25) is 9.78 Å². The molecule has 1 unspecified atom stereocenters. The van der Waals surface area contributed by atoms with Crippen molar-refractivity contribution in [2.24, 2.45) is 0 Å². The summed E-state index contributed by atoms with van der Waals surface area (Å²) in [4.78, 5) is 19.3. The van der Waals surface area contributed by atoms with Crippen molar-refractivity contribution in [1.29, 1.82) is 0 Å². The third kappa shape index (κ3) is 3.57. The number of halogens is 2. The van der Waals surface area contributed by atoms with E-state index < -0.39 is 23.2 Å². The third-order valence-electron chi connectivity index (χ3n) is 2.67. The minimum absolute atomic E-state index is 0.224. The summed E-state index contributed by atoms with van der Waals surface area (Å²) in [7, 11) is 0. The monoisotopic (exact) mass is 277 g/mol. The van der Waals surface area contributed by atoms with Crippen LogP contribution in [0.4, 0.5) is 8.78 Å². The van der Waals surface area contributed by atoms with Crippen molar-refractivity contribution in [1.82, 2.24) is 15.3 Å². The third-order valence-corrected chi connectivity index (χ3v) is 2.67. The van der Waals surface area contributed by atoms with Gasteiger partial charge in [-0.05, 0) is 25.0 Å². The highest BCUT2D eigenvalue weighted by molar-refractivity contribution is 5.92. The smallest absolute Gasteiger partial charge is 0.273 e. The SMILES string of the molecule is CC(Cc1cccnc1)NC(=O)c1ncc(F)cc1F. The van der Waals surface area contributed by atoms with Crippen molar-refractivity contribution in [2.45, 2.75) is 19.4 Å². The summed E-state index contributed by atoms with van der Waals surface area (Å²) in [5.41, 5.74) is 0.539. The highest BCUT2D eigenvalue weighted by Gasteiger charge is 2.16. The van der Waals surface area contributed by atoms with Gasteiger partial charge in [-0.1, -0.05) is 6.07 Å². The van der Waals surface area contributed by atoms with Crippen LogP contribution in [0.25, 0.3) is 0 Å². The molecule has 6 heteroatoms. The van der Waals surface area contributed by atoms with Crippen molar-refractivity contribution in [3.63, 3.8) is 0 Å². The van der Waals surface area contributed by atoms with Crippen LogP contribution >= 0.6 is 0 Å². The molecule has 0 radical (unpaired) electrons. The van der Waals surface area contributed by atoms with Gasteiger partial charge >= 0.3 is 0 Å². The molecule has 20 heavy (non-hydrogen) atoms. The Morgan fingerprint density at radius 1 is 1.40 bits per heavy atom. The molecule has 1 atom stereocenters. The van der Waals surface area contributed by atoms with Crippen molar-refractivity contribution in [3.05, 3.63) is 59.7 Å². The van der Waals surface area contributed by atoms with Gasteiger partial charge in [0, 0.05) is 24.5 Å². The Hall–Kier alpha value is -2.37. The van der Waals surface area contributed by atoms with Crippen molar-refractivity contribution >= 4 is 5.91 Å². The standard InChI is InChI=1S/C14H13F2N3O/c1-9(5-10-3-2-4-17-7-10)19-14(20)13-12(16)6-11(15)8-18-13/h2-4,6-9H,5H2,1H3,(H,19,20). The number of hydrogen-bond donors (Lipinski definition) is 1. The predicted octanol–water partition coefficient (Wildman–Crippen LogP) is 2.12. The topological polar surface area (TPSA) is 54.9 Å². The molecule has 0 fully saturated rings. The maximum absolute atomic E-state index is 13.4. The highest BCUT2D eigenvalue weighted by atomic mass is 19.1. The van der Waals surface area contributed by atoms with Crippen molar-refractivity contribution < 1.29 is 13.6 Å². The molecule has 0 saturated heterocycles. The van der Waals surface area contributed by atoms with Gasteiger partial charge in [0.05, 0.1) is 6.20 Å². The van der Waals surface area contributed by atoms with Gasteiger partial charge in [-0.15, -0.1) is 0 Å². The zero-order chi connectivity index (χ0) is 14.5. The molecular formula is C14H13F2N3O. The molecular weight excluding hydrogens is 264 g/mol. The Labute approximate surface area is 114 Å². The number of pyridine rings is 2. The lowest BCUT2D eigenvalue weighted by molar-refractivity contribution is 0.0930. The lowest BCUT2D eigenvalue weighted by atomic mass is 10.1. The Kier molecular flexibility index (Phi) is 4.34. The maximum Gasteiger partial charge on any atom is 0.273 e. The van der Waals surface area contributed by atoms with E-state index in [4.69, 9.17) is 0 Å². The lowest BCUT2D eigenvalue weighted by Gasteiger charge is -2.13. The van der Waals surface area contributed by atoms with E-state index in [9.17, 15) is 13.6 Å². The molecule has 0 bridgehead atoms. The number of aromatic nitrogens is 2. The molecule has 2 aromatic rings. The van der Waals surface area contributed by atoms with Crippen LogP contribution in [0.5, 0.6) is 0 Å². The summed E-state index contributed by atoms with van der Waals surface area (Å²) in [6.07, 6.45) is 4.72. The zero-order valence-electron chi connectivity index (χ0n) is 10.8. The van der Waals surface area contributed by atoms with Crippen molar-refractivity contribution in [2.75, 3.05) is 0 Å². The first kappa shape index (κ1) is 14.0. The van der Waals surface area contributed by atoms with E-state index in [0.717, 1.165) is 11.8 Å². The summed E-state index contributed by atoms with van der Waals surface area (Å²) >= 11 is 0. The fraction of sp³-hybridized carbons (Fsp3) is 0.214. The van der Waals surface area contributed by atoms with E-state index in [2.05, 4.69) is 15.3 Å². The van der Waals surface area contributed by atoms with E-state index in [1.165, 1.54) is 0 Å². The van der Waals surface area contributed by atoms with E-state index in [0.29, 0.717) is 12.5 Å². The number of amides is 1. The molecule has 104 valence electrons. The molecule has 0 spiro atoms. The zero-order valence-corrected chi connectivity index (χ0v) is 10.8. The average Bonchev–Trinajstić information content (AvgIpc) is 2.39. The van der Waals surface area contributed by atoms with Crippen molar-refractivity contribution in [3.8, 4) is 0 Å². The molecule has 4 nitrogen and oxygen atoms in total. The van der Waals surface area contributed by atoms with Gasteiger partial charge in [0.25, 0.3) is 5.91 Å². The summed E-state index contributed by atoms with van der Waals surface area (Å²) in [5.74, 6) is -2.46. The quantitative estimate of drug-likeness (QED) is 0.931. The minimum atomic E-state index is -0.976. The van der Waals surface area contributed by atoms with Crippen LogP contribution in [0.3, 0.4) is 0 Å². The van der Waals surface area contributed by atoms with Crippen LogP contribution in [-0.2, 0) is 6.42 Å². The molecule has 2 heterocycles. The van der Waals surface area contributed by atoms with Crippen LogP contribution in [0, 0.1) is 11.6 Å². The Morgan fingerprint density at radius 3 is 2.85 bits per heavy atom. The van der Waals surface area contributed by atoms with Gasteiger partial charge in [0.1, 0.15) is 5.82 Å². The maximum atomic E-state index is 13.4. The molecule has 2 aromatic heterocycles. The fourth-order valence-electron chi connectivity index (χ4n) is 1.80. The second kappa shape index (κ2) is 6.18. The summed E-state index contributed by atoms with van der Waals surface area (Å²) < 4.78 is 26.1. The summed E-state index contributed by atoms with van der Waals surface area (Å²) in [6.45, 7) is 1.78. The first-order chi connectivity index (χ1) is 9.56. The molecule has 1 N–H and O–H groups in total. The van der Waals surface area contributed by atoms with Gasteiger partial charge in [0.15, 0.2) is 11.5 Å². The Bertz CT molecular complexity index is 605. The Morgan fingerprint density at radius 2 is 2.20 bits per heavy atom. The number of nitrogens with one attached hydrogen (secondary N) is 1. The molecule has 2 rings (SSSR count). The van der Waals surface area contributed by atoms with Crippen LogP contribution < -0.4 is 5.32 Å². The Balaban J connectivity index is 2.00. The lowest BCUT2D eigenvalue weighted by Crippen LogP contribution is -2.35. The molecule has 1 amide bonds. The fourth-order valence-corrected chi connectivity index (χ4v) is 1.80. The molecule has 0 aliphatic heterocycles. The van der Waals surface area contributed by atoms with E-state index >= 15 is 0 Å². The molecule has 0 aliphatic rings. The number of hydrogen-bond acceptors (Lipinski definition) is 3. The van der Waals surface area contributed by atoms with Crippen LogP contribution in [0.15, 0.2) is 36.8 Å². The van der Waals surface area contributed by atoms with Gasteiger partial charge in [-0.2, -0.15) is 0 Å². The average molecular weight is 277 g/mol. The van der Waals surface area contributed by atoms with Crippen LogP contribution in [0.2, 0.25) is 0 Å².